The lowest BCUT2D eigenvalue weighted by Crippen LogP contribution is -2.45. The lowest BCUT2D eigenvalue weighted by Gasteiger charge is -2.34. The molecular formula is C24H32N4O. The molecule has 1 aliphatic rings. The standard InChI is InChI=1S/C24H32N4O/c1-3-26-23(29)22-11-9-21(10-12-22)18-27-24(25-2)28-15-13-20(14-16-28)17-19-7-5-4-6-8-19/h4-12,20H,3,13-18H2,1-2H3,(H,25,27)(H,26,29). The molecule has 5 heteroatoms. The Bertz CT molecular complexity index is 793. The first-order valence-corrected chi connectivity index (χ1v) is 10.6. The van der Waals surface area contributed by atoms with Gasteiger partial charge in [0.2, 0.25) is 0 Å². The van der Waals surface area contributed by atoms with Gasteiger partial charge in [0, 0.05) is 38.8 Å². The summed E-state index contributed by atoms with van der Waals surface area (Å²) in [7, 11) is 1.84. The van der Waals surface area contributed by atoms with Crippen LogP contribution in [0.15, 0.2) is 59.6 Å². The number of piperidine rings is 1. The third-order valence-corrected chi connectivity index (χ3v) is 5.50. The lowest BCUT2D eigenvalue weighted by atomic mass is 9.90. The van der Waals surface area contributed by atoms with E-state index in [1.807, 2.05) is 38.2 Å². The average molecular weight is 393 g/mol. The molecule has 0 aliphatic carbocycles. The van der Waals surface area contributed by atoms with E-state index in [4.69, 9.17) is 0 Å². The zero-order valence-corrected chi connectivity index (χ0v) is 17.5. The average Bonchev–Trinajstić information content (AvgIpc) is 2.76. The summed E-state index contributed by atoms with van der Waals surface area (Å²) in [5.74, 6) is 1.67. The van der Waals surface area contributed by atoms with E-state index >= 15 is 0 Å². The van der Waals surface area contributed by atoms with E-state index in [0.29, 0.717) is 18.7 Å². The molecule has 1 fully saturated rings. The van der Waals surface area contributed by atoms with Crippen molar-refractivity contribution < 1.29 is 4.79 Å². The van der Waals surface area contributed by atoms with E-state index in [0.717, 1.165) is 30.5 Å². The second-order valence-electron chi connectivity index (χ2n) is 7.58. The quantitative estimate of drug-likeness (QED) is 0.585. The number of rotatable bonds is 6. The molecule has 0 spiro atoms. The van der Waals surface area contributed by atoms with Crippen molar-refractivity contribution in [2.45, 2.75) is 32.7 Å². The summed E-state index contributed by atoms with van der Waals surface area (Å²) in [6.45, 7) is 5.33. The second kappa shape index (κ2) is 10.6. The molecule has 1 aliphatic heterocycles. The summed E-state index contributed by atoms with van der Waals surface area (Å²) in [6, 6.07) is 18.5. The number of aliphatic imine (C=N–C) groups is 1. The maximum Gasteiger partial charge on any atom is 0.251 e. The smallest absolute Gasteiger partial charge is 0.251 e. The van der Waals surface area contributed by atoms with Crippen molar-refractivity contribution in [3.8, 4) is 0 Å². The first kappa shape index (κ1) is 20.9. The van der Waals surface area contributed by atoms with Gasteiger partial charge in [0.25, 0.3) is 5.91 Å². The fraction of sp³-hybridized carbons (Fsp3) is 0.417. The van der Waals surface area contributed by atoms with Crippen LogP contribution in [-0.4, -0.2) is 43.4 Å². The number of carbonyl (C=O) groups is 1. The number of amides is 1. The minimum Gasteiger partial charge on any atom is -0.352 e. The van der Waals surface area contributed by atoms with Crippen molar-refractivity contribution in [2.24, 2.45) is 10.9 Å². The van der Waals surface area contributed by atoms with E-state index in [9.17, 15) is 4.79 Å². The molecule has 5 nitrogen and oxygen atoms in total. The minimum absolute atomic E-state index is 0.0267. The number of hydrogen-bond acceptors (Lipinski definition) is 2. The van der Waals surface area contributed by atoms with Crippen molar-refractivity contribution in [1.82, 2.24) is 15.5 Å². The molecule has 2 N–H and O–H groups in total. The van der Waals surface area contributed by atoms with Crippen LogP contribution in [0.2, 0.25) is 0 Å². The zero-order chi connectivity index (χ0) is 20.5. The van der Waals surface area contributed by atoms with Crippen LogP contribution in [-0.2, 0) is 13.0 Å². The second-order valence-corrected chi connectivity index (χ2v) is 7.58. The normalized spacial score (nSPS) is 15.2. The summed E-state index contributed by atoms with van der Waals surface area (Å²) < 4.78 is 0. The lowest BCUT2D eigenvalue weighted by molar-refractivity contribution is 0.0956. The zero-order valence-electron chi connectivity index (χ0n) is 17.5. The highest BCUT2D eigenvalue weighted by Crippen LogP contribution is 2.21. The fourth-order valence-electron chi connectivity index (χ4n) is 3.85. The van der Waals surface area contributed by atoms with Gasteiger partial charge in [0.1, 0.15) is 0 Å². The van der Waals surface area contributed by atoms with Crippen molar-refractivity contribution in [2.75, 3.05) is 26.7 Å². The maximum absolute atomic E-state index is 11.9. The van der Waals surface area contributed by atoms with Crippen molar-refractivity contribution in [3.05, 3.63) is 71.3 Å². The van der Waals surface area contributed by atoms with E-state index < -0.39 is 0 Å². The molecule has 154 valence electrons. The minimum atomic E-state index is -0.0267. The summed E-state index contributed by atoms with van der Waals surface area (Å²) in [5.41, 5.74) is 3.27. The predicted octanol–water partition coefficient (Wildman–Crippen LogP) is 3.47. The molecule has 2 aromatic rings. The Morgan fingerprint density at radius 1 is 1.00 bits per heavy atom. The molecule has 1 saturated heterocycles. The Morgan fingerprint density at radius 2 is 1.69 bits per heavy atom. The first-order chi connectivity index (χ1) is 14.2. The molecule has 0 saturated carbocycles. The van der Waals surface area contributed by atoms with Gasteiger partial charge in [-0.1, -0.05) is 42.5 Å². The van der Waals surface area contributed by atoms with E-state index in [1.165, 1.54) is 24.8 Å². The maximum atomic E-state index is 11.9. The van der Waals surface area contributed by atoms with Gasteiger partial charge in [-0.05, 0) is 55.4 Å². The van der Waals surface area contributed by atoms with Crippen LogP contribution in [0.5, 0.6) is 0 Å². The topological polar surface area (TPSA) is 56.7 Å². The molecule has 1 heterocycles. The molecule has 1 amide bonds. The SMILES string of the molecule is CCNC(=O)c1ccc(CNC(=NC)N2CCC(Cc3ccccc3)CC2)cc1. The fourth-order valence-corrected chi connectivity index (χ4v) is 3.85. The number of carbonyl (C=O) groups excluding carboxylic acids is 1. The van der Waals surface area contributed by atoms with Crippen LogP contribution >= 0.6 is 0 Å². The van der Waals surface area contributed by atoms with Crippen LogP contribution in [0.4, 0.5) is 0 Å². The summed E-state index contributed by atoms with van der Waals surface area (Å²) in [6.07, 6.45) is 3.55. The Labute approximate surface area is 174 Å². The van der Waals surface area contributed by atoms with Crippen molar-refractivity contribution in [3.63, 3.8) is 0 Å². The van der Waals surface area contributed by atoms with Gasteiger partial charge in [-0.3, -0.25) is 9.79 Å². The van der Waals surface area contributed by atoms with Crippen LogP contribution in [0, 0.1) is 5.92 Å². The molecule has 0 radical (unpaired) electrons. The van der Waals surface area contributed by atoms with Gasteiger partial charge in [-0.15, -0.1) is 0 Å². The summed E-state index contributed by atoms with van der Waals surface area (Å²) in [5, 5.41) is 6.29. The summed E-state index contributed by atoms with van der Waals surface area (Å²) in [4.78, 5) is 18.7. The Balaban J connectivity index is 1.46. The molecule has 0 aromatic heterocycles. The Morgan fingerprint density at radius 3 is 2.31 bits per heavy atom. The predicted molar refractivity (Wildman–Crippen MR) is 119 cm³/mol. The molecule has 3 rings (SSSR count). The number of nitrogens with one attached hydrogen (secondary N) is 2. The molecular weight excluding hydrogens is 360 g/mol. The van der Waals surface area contributed by atoms with Crippen molar-refractivity contribution >= 4 is 11.9 Å². The highest BCUT2D eigenvalue weighted by Gasteiger charge is 2.21. The van der Waals surface area contributed by atoms with E-state index in [2.05, 4.69) is 50.9 Å². The van der Waals surface area contributed by atoms with Crippen LogP contribution in [0.25, 0.3) is 0 Å². The largest absolute Gasteiger partial charge is 0.352 e. The van der Waals surface area contributed by atoms with Crippen LogP contribution in [0.1, 0.15) is 41.3 Å². The monoisotopic (exact) mass is 392 g/mol. The van der Waals surface area contributed by atoms with Gasteiger partial charge >= 0.3 is 0 Å². The molecule has 0 bridgehead atoms. The van der Waals surface area contributed by atoms with Gasteiger partial charge in [-0.25, -0.2) is 0 Å². The molecule has 29 heavy (non-hydrogen) atoms. The van der Waals surface area contributed by atoms with Gasteiger partial charge in [0.05, 0.1) is 0 Å². The molecule has 0 atom stereocenters. The highest BCUT2D eigenvalue weighted by atomic mass is 16.1. The molecule has 2 aromatic carbocycles. The number of benzene rings is 2. The third kappa shape index (κ3) is 6.08. The van der Waals surface area contributed by atoms with Gasteiger partial charge in [-0.2, -0.15) is 0 Å². The number of hydrogen-bond donors (Lipinski definition) is 2. The summed E-state index contributed by atoms with van der Waals surface area (Å²) >= 11 is 0. The number of guanidine groups is 1. The van der Waals surface area contributed by atoms with Crippen LogP contribution < -0.4 is 10.6 Å². The van der Waals surface area contributed by atoms with Gasteiger partial charge < -0.3 is 15.5 Å². The first-order valence-electron chi connectivity index (χ1n) is 10.6. The number of nitrogens with zero attached hydrogens (tertiary/aromatic N) is 2. The van der Waals surface area contributed by atoms with E-state index in [-0.39, 0.29) is 5.91 Å². The van der Waals surface area contributed by atoms with Crippen molar-refractivity contribution in [1.29, 1.82) is 0 Å². The Kier molecular flexibility index (Phi) is 7.68. The van der Waals surface area contributed by atoms with Gasteiger partial charge in [0.15, 0.2) is 5.96 Å². The third-order valence-electron chi connectivity index (χ3n) is 5.50. The highest BCUT2D eigenvalue weighted by molar-refractivity contribution is 5.94. The Hall–Kier alpha value is -2.82. The van der Waals surface area contributed by atoms with E-state index in [1.54, 1.807) is 0 Å². The van der Waals surface area contributed by atoms with Crippen LogP contribution in [0.3, 0.4) is 0 Å². The number of likely N-dealkylation sites (tertiary alicyclic amines) is 1. The molecule has 0 unspecified atom stereocenters.